The van der Waals surface area contributed by atoms with E-state index < -0.39 is 0 Å². The van der Waals surface area contributed by atoms with Crippen LogP contribution in [0.4, 0.5) is 10.5 Å². The van der Waals surface area contributed by atoms with Crippen molar-refractivity contribution < 1.29 is 9.59 Å². The van der Waals surface area contributed by atoms with Crippen molar-refractivity contribution in [3.8, 4) is 0 Å². The SMILES string of the molecule is Cc1cccc(NC(=O)N2CCCC(C(=O)N3C[C@H]4CNC[C@H]4C3)C2)c1.Cl. The summed E-state index contributed by atoms with van der Waals surface area (Å²) in [6, 6.07) is 7.70. The van der Waals surface area contributed by atoms with Crippen LogP contribution in [-0.2, 0) is 4.79 Å². The smallest absolute Gasteiger partial charge is 0.321 e. The zero-order valence-electron chi connectivity index (χ0n) is 15.8. The molecule has 148 valence electrons. The van der Waals surface area contributed by atoms with Gasteiger partial charge in [-0.15, -0.1) is 12.4 Å². The first kappa shape index (κ1) is 20.0. The van der Waals surface area contributed by atoms with Gasteiger partial charge in [-0.05, 0) is 49.3 Å². The van der Waals surface area contributed by atoms with Gasteiger partial charge in [0.15, 0.2) is 0 Å². The summed E-state index contributed by atoms with van der Waals surface area (Å²) in [5, 5.41) is 6.38. The van der Waals surface area contributed by atoms with E-state index in [1.165, 1.54) is 0 Å². The molecule has 0 spiro atoms. The van der Waals surface area contributed by atoms with Gasteiger partial charge in [-0.1, -0.05) is 12.1 Å². The molecule has 0 aromatic heterocycles. The minimum absolute atomic E-state index is 0. The average molecular weight is 393 g/mol. The van der Waals surface area contributed by atoms with Crippen molar-refractivity contribution in [2.75, 3.05) is 44.6 Å². The number of carbonyl (C=O) groups excluding carboxylic acids is 2. The molecule has 1 aromatic carbocycles. The van der Waals surface area contributed by atoms with Crippen LogP contribution in [0.3, 0.4) is 0 Å². The van der Waals surface area contributed by atoms with E-state index in [0.29, 0.717) is 18.4 Å². The third-order valence-corrected chi connectivity index (χ3v) is 6.03. The van der Waals surface area contributed by atoms with Gasteiger partial charge in [0, 0.05) is 45.0 Å². The monoisotopic (exact) mass is 392 g/mol. The summed E-state index contributed by atoms with van der Waals surface area (Å²) in [5.41, 5.74) is 1.92. The summed E-state index contributed by atoms with van der Waals surface area (Å²) in [5.74, 6) is 1.41. The first-order chi connectivity index (χ1) is 12.6. The summed E-state index contributed by atoms with van der Waals surface area (Å²) < 4.78 is 0. The minimum Gasteiger partial charge on any atom is -0.342 e. The highest BCUT2D eigenvalue weighted by Crippen LogP contribution is 2.29. The quantitative estimate of drug-likeness (QED) is 0.811. The van der Waals surface area contributed by atoms with Gasteiger partial charge in [0.25, 0.3) is 0 Å². The average Bonchev–Trinajstić information content (AvgIpc) is 3.23. The maximum Gasteiger partial charge on any atom is 0.321 e. The fraction of sp³-hybridized carbons (Fsp3) is 0.600. The van der Waals surface area contributed by atoms with E-state index in [9.17, 15) is 9.59 Å². The van der Waals surface area contributed by atoms with Crippen LogP contribution < -0.4 is 10.6 Å². The van der Waals surface area contributed by atoms with Gasteiger partial charge < -0.3 is 20.4 Å². The zero-order valence-corrected chi connectivity index (χ0v) is 16.6. The summed E-state index contributed by atoms with van der Waals surface area (Å²) in [6.45, 7) is 7.07. The Hall–Kier alpha value is -1.79. The van der Waals surface area contributed by atoms with Gasteiger partial charge in [-0.3, -0.25) is 4.79 Å². The molecular weight excluding hydrogens is 364 g/mol. The molecule has 6 nitrogen and oxygen atoms in total. The fourth-order valence-electron chi connectivity index (χ4n) is 4.58. The second kappa shape index (κ2) is 8.48. The Morgan fingerprint density at radius 2 is 1.85 bits per heavy atom. The van der Waals surface area contributed by atoms with Gasteiger partial charge in [0.2, 0.25) is 5.91 Å². The third-order valence-electron chi connectivity index (χ3n) is 6.03. The molecule has 0 aliphatic carbocycles. The Bertz CT molecular complexity index is 686. The van der Waals surface area contributed by atoms with E-state index in [-0.39, 0.29) is 30.3 Å². The predicted octanol–water partition coefficient (Wildman–Crippen LogP) is 2.34. The van der Waals surface area contributed by atoms with Crippen molar-refractivity contribution in [2.24, 2.45) is 17.8 Å². The third kappa shape index (κ3) is 4.38. The van der Waals surface area contributed by atoms with Crippen LogP contribution in [0.25, 0.3) is 0 Å². The summed E-state index contributed by atoms with van der Waals surface area (Å²) in [6.07, 6.45) is 1.77. The number of hydrogen-bond acceptors (Lipinski definition) is 3. The molecule has 0 bridgehead atoms. The number of nitrogens with zero attached hydrogens (tertiary/aromatic N) is 2. The van der Waals surface area contributed by atoms with Gasteiger partial charge in [-0.2, -0.15) is 0 Å². The van der Waals surface area contributed by atoms with E-state index >= 15 is 0 Å². The van der Waals surface area contributed by atoms with E-state index in [1.807, 2.05) is 36.1 Å². The lowest BCUT2D eigenvalue weighted by atomic mass is 9.96. The lowest BCUT2D eigenvalue weighted by molar-refractivity contribution is -0.136. The molecule has 3 fully saturated rings. The van der Waals surface area contributed by atoms with E-state index in [2.05, 4.69) is 10.6 Å². The van der Waals surface area contributed by atoms with Crippen molar-refractivity contribution in [2.45, 2.75) is 19.8 Å². The van der Waals surface area contributed by atoms with Gasteiger partial charge in [-0.25, -0.2) is 4.79 Å². The van der Waals surface area contributed by atoms with E-state index in [1.54, 1.807) is 4.90 Å². The molecule has 27 heavy (non-hydrogen) atoms. The molecule has 0 saturated carbocycles. The number of nitrogens with one attached hydrogen (secondary N) is 2. The normalized spacial score (nSPS) is 27.1. The van der Waals surface area contributed by atoms with Crippen LogP contribution in [0.2, 0.25) is 0 Å². The molecule has 3 aliphatic heterocycles. The number of rotatable bonds is 2. The van der Waals surface area contributed by atoms with Gasteiger partial charge in [0.1, 0.15) is 0 Å². The highest BCUT2D eigenvalue weighted by Gasteiger charge is 2.40. The van der Waals surface area contributed by atoms with Crippen LogP contribution in [0, 0.1) is 24.7 Å². The summed E-state index contributed by atoms with van der Waals surface area (Å²) >= 11 is 0. The molecule has 3 amide bonds. The number of anilines is 1. The highest BCUT2D eigenvalue weighted by molar-refractivity contribution is 5.90. The number of likely N-dealkylation sites (tertiary alicyclic amines) is 2. The Morgan fingerprint density at radius 3 is 2.56 bits per heavy atom. The van der Waals surface area contributed by atoms with Crippen LogP contribution in [0.15, 0.2) is 24.3 Å². The first-order valence-electron chi connectivity index (χ1n) is 9.72. The largest absolute Gasteiger partial charge is 0.342 e. The Kier molecular flexibility index (Phi) is 6.27. The number of hydrogen-bond donors (Lipinski definition) is 2. The molecule has 7 heteroatoms. The predicted molar refractivity (Wildman–Crippen MR) is 108 cm³/mol. The highest BCUT2D eigenvalue weighted by atomic mass is 35.5. The van der Waals surface area contributed by atoms with Crippen LogP contribution in [-0.4, -0.2) is 61.0 Å². The number of carbonyl (C=O) groups is 2. The van der Waals surface area contributed by atoms with Crippen LogP contribution >= 0.6 is 12.4 Å². The van der Waals surface area contributed by atoms with Gasteiger partial charge in [0.05, 0.1) is 5.92 Å². The summed E-state index contributed by atoms with van der Waals surface area (Å²) in [7, 11) is 0. The number of piperidine rings is 1. The molecule has 2 N–H and O–H groups in total. The molecular formula is C20H29ClN4O2. The molecule has 3 aliphatic rings. The van der Waals surface area contributed by atoms with Crippen molar-refractivity contribution in [1.82, 2.24) is 15.1 Å². The molecule has 3 atom stereocenters. The number of aryl methyl sites for hydroxylation is 1. The van der Waals surface area contributed by atoms with Crippen LogP contribution in [0.1, 0.15) is 18.4 Å². The maximum atomic E-state index is 12.9. The number of halogens is 1. The molecule has 3 saturated heterocycles. The van der Waals surface area contributed by atoms with Gasteiger partial charge >= 0.3 is 6.03 Å². The number of benzene rings is 1. The Labute approximate surface area is 167 Å². The topological polar surface area (TPSA) is 64.7 Å². The Morgan fingerprint density at radius 1 is 1.11 bits per heavy atom. The molecule has 1 aromatic rings. The van der Waals surface area contributed by atoms with Crippen molar-refractivity contribution in [3.63, 3.8) is 0 Å². The second-order valence-electron chi connectivity index (χ2n) is 8.01. The first-order valence-corrected chi connectivity index (χ1v) is 9.72. The zero-order chi connectivity index (χ0) is 18.1. The number of urea groups is 1. The number of fused-ring (bicyclic) bond motifs is 1. The lowest BCUT2D eigenvalue weighted by Crippen LogP contribution is -2.47. The second-order valence-corrected chi connectivity index (χ2v) is 8.01. The molecule has 0 radical (unpaired) electrons. The number of amides is 3. The Balaban J connectivity index is 0.00000210. The van der Waals surface area contributed by atoms with Crippen molar-refractivity contribution in [3.05, 3.63) is 29.8 Å². The molecule has 3 heterocycles. The molecule has 4 rings (SSSR count). The fourth-order valence-corrected chi connectivity index (χ4v) is 4.58. The lowest BCUT2D eigenvalue weighted by Gasteiger charge is -2.34. The summed E-state index contributed by atoms with van der Waals surface area (Å²) in [4.78, 5) is 29.4. The molecule has 1 unspecified atom stereocenters. The standard InChI is InChI=1S/C20H28N4O2.ClH/c1-14-4-2-6-18(8-14)22-20(26)23-7-3-5-15(11-23)19(25)24-12-16-9-21-10-17(16)13-24;/h2,4,6,8,15-17,21H,3,5,7,9-13H2,1H3,(H,22,26);1H/t15?,16-,17+;. The van der Waals surface area contributed by atoms with Crippen molar-refractivity contribution in [1.29, 1.82) is 0 Å². The van der Waals surface area contributed by atoms with E-state index in [0.717, 1.165) is 56.8 Å². The van der Waals surface area contributed by atoms with Crippen molar-refractivity contribution >= 4 is 30.0 Å². The maximum absolute atomic E-state index is 12.9. The van der Waals surface area contributed by atoms with E-state index in [4.69, 9.17) is 0 Å². The van der Waals surface area contributed by atoms with Crippen LogP contribution in [0.5, 0.6) is 0 Å². The minimum atomic E-state index is -0.101.